The molecule has 0 saturated heterocycles. The first-order valence-electron chi connectivity index (χ1n) is 6.01. The van der Waals surface area contributed by atoms with Crippen LogP contribution in [0.4, 0.5) is 5.69 Å². The summed E-state index contributed by atoms with van der Waals surface area (Å²) in [6, 6.07) is 10.5. The molecule has 3 rings (SSSR count). The minimum absolute atomic E-state index is 0.116. The molecule has 1 aliphatic heterocycles. The Hall–Kier alpha value is -2.00. The number of hydrogen-bond acceptors (Lipinski definition) is 3. The number of nitrogens with two attached hydrogens (primary N) is 1. The molecule has 2 aromatic rings. The molecule has 0 aliphatic carbocycles. The molecule has 3 nitrogen and oxygen atoms in total. The van der Waals surface area contributed by atoms with Crippen molar-refractivity contribution in [3.05, 3.63) is 58.1 Å². The predicted molar refractivity (Wildman–Crippen MR) is 74.9 cm³/mol. The van der Waals surface area contributed by atoms with Gasteiger partial charge in [-0.1, -0.05) is 17.7 Å². The number of anilines is 1. The summed E-state index contributed by atoms with van der Waals surface area (Å²) in [5, 5.41) is 0.398. The second-order valence-electron chi connectivity index (χ2n) is 4.45. The molecule has 0 amide bonds. The van der Waals surface area contributed by atoms with Gasteiger partial charge in [-0.25, -0.2) is 0 Å². The summed E-state index contributed by atoms with van der Waals surface area (Å²) in [5.41, 5.74) is 8.29. The molecule has 2 aromatic carbocycles. The van der Waals surface area contributed by atoms with Crippen molar-refractivity contribution in [1.29, 1.82) is 0 Å². The van der Waals surface area contributed by atoms with E-state index in [-0.39, 0.29) is 5.78 Å². The summed E-state index contributed by atoms with van der Waals surface area (Å²) >= 11 is 5.94. The number of rotatable bonds is 2. The molecule has 0 fully saturated rings. The van der Waals surface area contributed by atoms with E-state index in [9.17, 15) is 4.79 Å². The zero-order valence-corrected chi connectivity index (χ0v) is 10.9. The van der Waals surface area contributed by atoms with Crippen molar-refractivity contribution < 1.29 is 9.53 Å². The Morgan fingerprint density at radius 2 is 2.11 bits per heavy atom. The second kappa shape index (κ2) is 4.59. The lowest BCUT2D eigenvalue weighted by Gasteiger charge is -2.07. The Kier molecular flexibility index (Phi) is 2.91. The molecular weight excluding hydrogens is 262 g/mol. The van der Waals surface area contributed by atoms with Gasteiger partial charge in [0.05, 0.1) is 17.3 Å². The first-order valence-corrected chi connectivity index (χ1v) is 6.39. The van der Waals surface area contributed by atoms with Crippen LogP contribution >= 0.6 is 11.6 Å². The fourth-order valence-corrected chi connectivity index (χ4v) is 2.39. The number of ether oxygens (including phenoxy) is 1. The van der Waals surface area contributed by atoms with Crippen LogP contribution in [0.1, 0.15) is 21.5 Å². The molecule has 96 valence electrons. The highest BCUT2D eigenvalue weighted by Gasteiger charge is 2.18. The fourth-order valence-electron chi connectivity index (χ4n) is 2.22. The van der Waals surface area contributed by atoms with E-state index < -0.39 is 0 Å². The maximum atomic E-state index is 12.4. The molecule has 0 atom stereocenters. The highest BCUT2D eigenvalue weighted by atomic mass is 35.5. The zero-order valence-electron chi connectivity index (χ0n) is 10.2. The highest BCUT2D eigenvalue weighted by molar-refractivity contribution is 6.34. The normalized spacial score (nSPS) is 12.9. The van der Waals surface area contributed by atoms with Crippen molar-refractivity contribution in [1.82, 2.24) is 0 Å². The molecule has 0 spiro atoms. The van der Waals surface area contributed by atoms with Gasteiger partial charge in [-0.3, -0.25) is 4.79 Å². The average molecular weight is 274 g/mol. The van der Waals surface area contributed by atoms with Crippen LogP contribution in [-0.2, 0) is 6.42 Å². The smallest absolute Gasteiger partial charge is 0.195 e. The third kappa shape index (κ3) is 2.06. The van der Waals surface area contributed by atoms with E-state index in [0.29, 0.717) is 28.4 Å². The van der Waals surface area contributed by atoms with Gasteiger partial charge in [-0.15, -0.1) is 0 Å². The van der Waals surface area contributed by atoms with Crippen molar-refractivity contribution >= 4 is 23.1 Å². The van der Waals surface area contributed by atoms with Gasteiger partial charge in [0.2, 0.25) is 0 Å². The molecule has 0 radical (unpaired) electrons. The average Bonchev–Trinajstić information content (AvgIpc) is 2.88. The lowest BCUT2D eigenvalue weighted by Crippen LogP contribution is -2.06. The highest BCUT2D eigenvalue weighted by Crippen LogP contribution is 2.29. The Balaban J connectivity index is 2.02. The van der Waals surface area contributed by atoms with Crippen LogP contribution in [0.3, 0.4) is 0 Å². The quantitative estimate of drug-likeness (QED) is 0.676. The van der Waals surface area contributed by atoms with Gasteiger partial charge in [-0.2, -0.15) is 0 Å². The molecule has 1 heterocycles. The molecule has 0 aromatic heterocycles. The van der Waals surface area contributed by atoms with Gasteiger partial charge in [0.15, 0.2) is 5.78 Å². The van der Waals surface area contributed by atoms with E-state index in [1.807, 2.05) is 12.1 Å². The molecule has 2 N–H and O–H groups in total. The van der Waals surface area contributed by atoms with E-state index in [2.05, 4.69) is 0 Å². The Morgan fingerprint density at radius 1 is 1.26 bits per heavy atom. The van der Waals surface area contributed by atoms with Gasteiger partial charge in [0, 0.05) is 17.5 Å². The first kappa shape index (κ1) is 12.1. The lowest BCUT2D eigenvalue weighted by atomic mass is 9.99. The van der Waals surface area contributed by atoms with Crippen molar-refractivity contribution in [2.75, 3.05) is 12.3 Å². The largest absolute Gasteiger partial charge is 0.493 e. The number of carbonyl (C=O) groups is 1. The number of nitrogen functional groups attached to an aromatic ring is 1. The number of carbonyl (C=O) groups excluding carboxylic acids is 1. The Morgan fingerprint density at radius 3 is 2.95 bits per heavy atom. The van der Waals surface area contributed by atoms with Crippen molar-refractivity contribution in [3.8, 4) is 5.75 Å². The summed E-state index contributed by atoms with van der Waals surface area (Å²) in [4.78, 5) is 12.4. The van der Waals surface area contributed by atoms with Crippen molar-refractivity contribution in [2.45, 2.75) is 6.42 Å². The monoisotopic (exact) mass is 273 g/mol. The summed E-state index contributed by atoms with van der Waals surface area (Å²) in [7, 11) is 0. The molecule has 0 bridgehead atoms. The zero-order chi connectivity index (χ0) is 13.4. The maximum absolute atomic E-state index is 12.4. The maximum Gasteiger partial charge on any atom is 0.195 e. The van der Waals surface area contributed by atoms with Crippen molar-refractivity contribution in [2.24, 2.45) is 0 Å². The van der Waals surface area contributed by atoms with Crippen LogP contribution in [0, 0.1) is 0 Å². The van der Waals surface area contributed by atoms with Crippen LogP contribution in [0.15, 0.2) is 36.4 Å². The van der Waals surface area contributed by atoms with Gasteiger partial charge < -0.3 is 10.5 Å². The van der Waals surface area contributed by atoms with Gasteiger partial charge in [0.25, 0.3) is 0 Å². The van der Waals surface area contributed by atoms with E-state index in [0.717, 1.165) is 17.7 Å². The summed E-state index contributed by atoms with van der Waals surface area (Å²) in [6.07, 6.45) is 0.835. The Bertz CT molecular complexity index is 667. The van der Waals surface area contributed by atoms with E-state index >= 15 is 0 Å². The van der Waals surface area contributed by atoms with E-state index in [1.165, 1.54) is 0 Å². The number of benzene rings is 2. The first-order chi connectivity index (χ1) is 9.16. The number of fused-ring (bicyclic) bond motifs is 1. The third-order valence-corrected chi connectivity index (χ3v) is 3.58. The Labute approximate surface area is 115 Å². The summed E-state index contributed by atoms with van der Waals surface area (Å²) in [5.74, 6) is 0.741. The van der Waals surface area contributed by atoms with Crippen LogP contribution in [0.2, 0.25) is 5.02 Å². The predicted octanol–water partition coefficient (Wildman–Crippen LogP) is 3.09. The van der Waals surface area contributed by atoms with Gasteiger partial charge in [-0.05, 0) is 35.9 Å². The van der Waals surface area contributed by atoms with Crippen LogP contribution in [0.25, 0.3) is 0 Å². The molecule has 19 heavy (non-hydrogen) atoms. The number of halogens is 1. The standard InChI is InChI=1S/C15H12ClNO2/c16-12-3-1-2-11(14(12)17)15(18)10-4-5-13-9(8-10)6-7-19-13/h1-5,8H,6-7,17H2. The minimum atomic E-state index is -0.116. The van der Waals surface area contributed by atoms with Crippen LogP contribution < -0.4 is 10.5 Å². The number of ketones is 1. The fraction of sp³-hybridized carbons (Fsp3) is 0.133. The van der Waals surface area contributed by atoms with Crippen molar-refractivity contribution in [3.63, 3.8) is 0 Å². The molecule has 4 heteroatoms. The number of para-hydroxylation sites is 1. The molecule has 0 unspecified atom stereocenters. The SMILES string of the molecule is Nc1c(Cl)cccc1C(=O)c1ccc2c(c1)CCO2. The minimum Gasteiger partial charge on any atom is -0.493 e. The van der Waals surface area contributed by atoms with Crippen LogP contribution in [-0.4, -0.2) is 12.4 Å². The third-order valence-electron chi connectivity index (χ3n) is 3.25. The number of hydrogen-bond donors (Lipinski definition) is 1. The van der Waals surface area contributed by atoms with Crippen LogP contribution in [0.5, 0.6) is 5.75 Å². The molecule has 1 aliphatic rings. The second-order valence-corrected chi connectivity index (χ2v) is 4.86. The lowest BCUT2D eigenvalue weighted by molar-refractivity contribution is 0.103. The topological polar surface area (TPSA) is 52.3 Å². The van der Waals surface area contributed by atoms with E-state index in [1.54, 1.807) is 24.3 Å². The molecular formula is C15H12ClNO2. The van der Waals surface area contributed by atoms with E-state index in [4.69, 9.17) is 22.1 Å². The summed E-state index contributed by atoms with van der Waals surface area (Å²) < 4.78 is 5.42. The molecule has 0 saturated carbocycles. The van der Waals surface area contributed by atoms with Gasteiger partial charge >= 0.3 is 0 Å². The summed E-state index contributed by atoms with van der Waals surface area (Å²) in [6.45, 7) is 0.673. The van der Waals surface area contributed by atoms with Gasteiger partial charge in [0.1, 0.15) is 5.75 Å².